The molecule has 0 spiro atoms. The van der Waals surface area contributed by atoms with E-state index >= 15 is 0 Å². The second kappa shape index (κ2) is 13.7. The lowest BCUT2D eigenvalue weighted by atomic mass is 10.1. The summed E-state index contributed by atoms with van der Waals surface area (Å²) in [4.78, 5) is 10.9. The van der Waals surface area contributed by atoms with Crippen LogP contribution >= 0.6 is 0 Å². The quantitative estimate of drug-likeness (QED) is 0.189. The third kappa shape index (κ3) is 10.3. The van der Waals surface area contributed by atoms with E-state index in [-0.39, 0.29) is 5.97 Å². The number of rotatable bonds is 14. The Labute approximate surface area is 157 Å². The maximum absolute atomic E-state index is 10.9. The summed E-state index contributed by atoms with van der Waals surface area (Å²) >= 11 is 0. The molecule has 0 heterocycles. The van der Waals surface area contributed by atoms with Gasteiger partial charge >= 0.3 is 5.97 Å². The summed E-state index contributed by atoms with van der Waals surface area (Å²) in [7, 11) is 0. The Balaban J connectivity index is 2.12. The minimum Gasteiger partial charge on any atom is -0.494 e. The van der Waals surface area contributed by atoms with E-state index in [4.69, 9.17) is 9.47 Å². The first-order chi connectivity index (χ1) is 12.7. The molecular weight excluding hydrogens is 324 g/mol. The topological polar surface area (TPSA) is 35.5 Å². The molecule has 0 aliphatic carbocycles. The molecule has 26 heavy (non-hydrogen) atoms. The summed E-state index contributed by atoms with van der Waals surface area (Å²) in [6.07, 6.45) is 12.7. The van der Waals surface area contributed by atoms with Crippen molar-refractivity contribution in [2.75, 3.05) is 13.2 Å². The molecule has 1 aromatic rings. The van der Waals surface area contributed by atoms with E-state index in [0.717, 1.165) is 49.8 Å². The van der Waals surface area contributed by atoms with Gasteiger partial charge in [0.15, 0.2) is 0 Å². The number of unbranched alkanes of at least 4 members (excludes halogenated alkanes) is 3. The van der Waals surface area contributed by atoms with Crippen LogP contribution in [0.1, 0.15) is 37.7 Å². The number of hydrogen-bond donors (Lipinski definition) is 0. The highest BCUT2D eigenvalue weighted by Crippen LogP contribution is 2.15. The van der Waals surface area contributed by atoms with E-state index < -0.39 is 0 Å². The number of esters is 1. The molecule has 0 fully saturated rings. The molecule has 0 N–H and O–H groups in total. The molecule has 0 aromatic heterocycles. The van der Waals surface area contributed by atoms with Crippen LogP contribution < -0.4 is 4.74 Å². The van der Waals surface area contributed by atoms with E-state index in [0.29, 0.717) is 13.2 Å². The van der Waals surface area contributed by atoms with Crippen molar-refractivity contribution in [3.8, 4) is 5.75 Å². The third-order valence-electron chi connectivity index (χ3n) is 3.84. The highest BCUT2D eigenvalue weighted by atomic mass is 16.5. The summed E-state index contributed by atoms with van der Waals surface area (Å²) in [5.74, 6) is 0.549. The fourth-order valence-corrected chi connectivity index (χ4v) is 2.32. The lowest BCUT2D eigenvalue weighted by Gasteiger charge is -2.08. The molecule has 0 aliphatic rings. The van der Waals surface area contributed by atoms with E-state index in [1.165, 1.54) is 11.6 Å². The second-order valence-corrected chi connectivity index (χ2v) is 6.03. The Morgan fingerprint density at radius 2 is 1.69 bits per heavy atom. The summed E-state index contributed by atoms with van der Waals surface area (Å²) in [6, 6.07) is 8.25. The Kier molecular flexibility index (Phi) is 11.3. The Hall–Kier alpha value is -2.55. The van der Waals surface area contributed by atoms with Crippen LogP contribution in [0, 0.1) is 0 Å². The Bertz CT molecular complexity index is 596. The van der Waals surface area contributed by atoms with Gasteiger partial charge in [0.2, 0.25) is 0 Å². The molecule has 0 saturated carbocycles. The molecule has 0 amide bonds. The van der Waals surface area contributed by atoms with Gasteiger partial charge in [0.05, 0.1) is 13.2 Å². The van der Waals surface area contributed by atoms with Crippen molar-refractivity contribution in [1.82, 2.24) is 0 Å². The smallest absolute Gasteiger partial charge is 0.330 e. The number of carbonyl (C=O) groups excluding carboxylic acids is 1. The van der Waals surface area contributed by atoms with Gasteiger partial charge < -0.3 is 9.47 Å². The van der Waals surface area contributed by atoms with Gasteiger partial charge in [0, 0.05) is 6.08 Å². The molecule has 1 aromatic carbocycles. The molecule has 0 saturated heterocycles. The number of carbonyl (C=O) groups is 1. The average Bonchev–Trinajstić information content (AvgIpc) is 2.67. The van der Waals surface area contributed by atoms with Gasteiger partial charge in [-0.3, -0.25) is 0 Å². The van der Waals surface area contributed by atoms with E-state index in [1.807, 2.05) is 24.3 Å². The van der Waals surface area contributed by atoms with Gasteiger partial charge in [0.1, 0.15) is 5.75 Å². The molecule has 0 radical (unpaired) electrons. The first kappa shape index (κ1) is 21.5. The van der Waals surface area contributed by atoms with Crippen LogP contribution in [0.2, 0.25) is 0 Å². The van der Waals surface area contributed by atoms with Crippen molar-refractivity contribution >= 4 is 5.97 Å². The SMILES string of the molecule is C=C/C=C\C(=C)CCc1ccc(OCCCCCCOC(=O)C=C)cc1. The summed E-state index contributed by atoms with van der Waals surface area (Å²) in [5.41, 5.74) is 2.38. The monoisotopic (exact) mass is 354 g/mol. The van der Waals surface area contributed by atoms with Gasteiger partial charge in [-0.15, -0.1) is 0 Å². The molecule has 3 nitrogen and oxygen atoms in total. The van der Waals surface area contributed by atoms with Crippen molar-refractivity contribution in [2.45, 2.75) is 38.5 Å². The molecule has 0 bridgehead atoms. The zero-order valence-electron chi connectivity index (χ0n) is 15.6. The van der Waals surface area contributed by atoms with Crippen molar-refractivity contribution in [3.05, 3.63) is 79.4 Å². The minimum absolute atomic E-state index is 0.352. The van der Waals surface area contributed by atoms with Crippen LogP contribution in [0.3, 0.4) is 0 Å². The zero-order valence-corrected chi connectivity index (χ0v) is 15.6. The second-order valence-electron chi connectivity index (χ2n) is 6.03. The van der Waals surface area contributed by atoms with Crippen LogP contribution in [-0.4, -0.2) is 19.2 Å². The maximum atomic E-state index is 10.9. The first-order valence-corrected chi connectivity index (χ1v) is 9.13. The lowest BCUT2D eigenvalue weighted by molar-refractivity contribution is -0.137. The van der Waals surface area contributed by atoms with Crippen LogP contribution in [-0.2, 0) is 16.0 Å². The number of aryl methyl sites for hydroxylation is 1. The van der Waals surface area contributed by atoms with Crippen molar-refractivity contribution in [3.63, 3.8) is 0 Å². The Morgan fingerprint density at radius 3 is 2.35 bits per heavy atom. The molecular formula is C23H30O3. The van der Waals surface area contributed by atoms with Crippen molar-refractivity contribution < 1.29 is 14.3 Å². The lowest BCUT2D eigenvalue weighted by Crippen LogP contribution is -2.02. The molecule has 1 rings (SSSR count). The molecule has 0 atom stereocenters. The molecule has 0 unspecified atom stereocenters. The third-order valence-corrected chi connectivity index (χ3v) is 3.84. The summed E-state index contributed by atoms with van der Waals surface area (Å²) in [5, 5.41) is 0. The zero-order chi connectivity index (χ0) is 19.0. The number of allylic oxidation sites excluding steroid dienone is 4. The van der Waals surface area contributed by atoms with Gasteiger partial charge in [0.25, 0.3) is 0 Å². The number of benzene rings is 1. The summed E-state index contributed by atoms with van der Waals surface area (Å²) < 4.78 is 10.7. The Morgan fingerprint density at radius 1 is 1.00 bits per heavy atom. The van der Waals surface area contributed by atoms with Gasteiger partial charge in [-0.25, -0.2) is 4.79 Å². The van der Waals surface area contributed by atoms with Crippen LogP contribution in [0.5, 0.6) is 5.75 Å². The standard InChI is InChI=1S/C23H30O3/c1-4-6-11-20(3)12-13-21-14-16-22(17-15-21)25-18-9-7-8-10-19-26-23(24)5-2/h4-6,11,14-17H,1-3,7-10,12-13,18-19H2/b11-6-. The molecule has 140 valence electrons. The van der Waals surface area contributed by atoms with Crippen LogP contribution in [0.15, 0.2) is 73.9 Å². The number of ether oxygens (including phenoxy) is 2. The van der Waals surface area contributed by atoms with E-state index in [1.54, 1.807) is 6.08 Å². The fraction of sp³-hybridized carbons (Fsp3) is 0.348. The van der Waals surface area contributed by atoms with Crippen molar-refractivity contribution in [1.29, 1.82) is 0 Å². The predicted octanol–water partition coefficient (Wildman–Crippen LogP) is 5.59. The minimum atomic E-state index is -0.352. The van der Waals surface area contributed by atoms with E-state index in [9.17, 15) is 4.79 Å². The first-order valence-electron chi connectivity index (χ1n) is 9.13. The maximum Gasteiger partial charge on any atom is 0.330 e. The predicted molar refractivity (Wildman–Crippen MR) is 108 cm³/mol. The van der Waals surface area contributed by atoms with Gasteiger partial charge in [-0.1, -0.05) is 55.7 Å². The highest BCUT2D eigenvalue weighted by molar-refractivity contribution is 5.81. The highest BCUT2D eigenvalue weighted by Gasteiger charge is 1.99. The van der Waals surface area contributed by atoms with Crippen molar-refractivity contribution in [2.24, 2.45) is 0 Å². The fourth-order valence-electron chi connectivity index (χ4n) is 2.32. The summed E-state index contributed by atoms with van der Waals surface area (Å²) in [6.45, 7) is 12.2. The average molecular weight is 354 g/mol. The molecule has 0 aliphatic heterocycles. The van der Waals surface area contributed by atoms with Crippen LogP contribution in [0.4, 0.5) is 0 Å². The van der Waals surface area contributed by atoms with E-state index in [2.05, 4.69) is 31.9 Å². The largest absolute Gasteiger partial charge is 0.494 e. The molecule has 3 heteroatoms. The number of hydrogen-bond acceptors (Lipinski definition) is 3. The normalized spacial score (nSPS) is 10.5. The van der Waals surface area contributed by atoms with Gasteiger partial charge in [-0.2, -0.15) is 0 Å². The van der Waals surface area contributed by atoms with Gasteiger partial charge in [-0.05, 0) is 56.2 Å². The van der Waals surface area contributed by atoms with Crippen LogP contribution in [0.25, 0.3) is 0 Å².